The molecule has 0 bridgehead atoms. The van der Waals surface area contributed by atoms with E-state index in [0.717, 1.165) is 23.5 Å². The van der Waals surface area contributed by atoms with Gasteiger partial charge in [-0.1, -0.05) is 32.1 Å². The van der Waals surface area contributed by atoms with Crippen molar-refractivity contribution in [2.24, 2.45) is 5.92 Å². The molecule has 196 valence electrons. The van der Waals surface area contributed by atoms with Crippen LogP contribution >= 0.6 is 0 Å². The summed E-state index contributed by atoms with van der Waals surface area (Å²) in [4.78, 5) is 30.8. The van der Waals surface area contributed by atoms with Crippen molar-refractivity contribution >= 4 is 17.5 Å². The van der Waals surface area contributed by atoms with Crippen molar-refractivity contribution in [3.05, 3.63) is 66.7 Å². The predicted molar refractivity (Wildman–Crippen MR) is 142 cm³/mol. The third-order valence-corrected chi connectivity index (χ3v) is 6.94. The van der Waals surface area contributed by atoms with Crippen LogP contribution in [0.15, 0.2) is 61.2 Å². The molecule has 1 aliphatic carbocycles. The maximum atomic E-state index is 13.7. The number of rotatable bonds is 11. The Morgan fingerprint density at radius 2 is 1.81 bits per heavy atom. The molecule has 37 heavy (non-hydrogen) atoms. The van der Waals surface area contributed by atoms with Gasteiger partial charge in [0.15, 0.2) is 0 Å². The highest BCUT2D eigenvalue weighted by Crippen LogP contribution is 2.28. The number of benzene rings is 2. The average Bonchev–Trinajstić information content (AvgIpc) is 3.50. The third kappa shape index (κ3) is 7.09. The Bertz CT molecular complexity index is 1130. The number of carbonyl (C=O) groups excluding carboxylic acids is 2. The molecule has 9 nitrogen and oxygen atoms in total. The number of hydrogen-bond acceptors (Lipinski definition) is 6. The lowest BCUT2D eigenvalue weighted by Gasteiger charge is -2.29. The average molecular weight is 505 g/mol. The van der Waals surface area contributed by atoms with Crippen LogP contribution in [0.5, 0.6) is 5.75 Å². The van der Waals surface area contributed by atoms with Crippen LogP contribution in [0.4, 0.5) is 5.69 Å². The highest BCUT2D eigenvalue weighted by atomic mass is 16.5. The first kappa shape index (κ1) is 26.2. The summed E-state index contributed by atoms with van der Waals surface area (Å²) < 4.78 is 6.85. The zero-order valence-corrected chi connectivity index (χ0v) is 21.6. The standard InChI is InChI=1S/C28H36N6O3/c1-3-33(32-23-12-16-25(37-2)17-13-23)28(36)26(18-9-21-7-5-4-6-8-21)31-27(35)22-10-14-24(15-11-22)34-20-29-19-30-34/h10-17,19-21,26,32H,3-9,18H2,1-2H3,(H,31,35). The van der Waals surface area contributed by atoms with E-state index in [4.69, 9.17) is 4.74 Å². The number of ether oxygens (including phenoxy) is 1. The van der Waals surface area contributed by atoms with Crippen molar-refractivity contribution in [1.29, 1.82) is 0 Å². The van der Waals surface area contributed by atoms with Gasteiger partial charge in [0.05, 0.1) is 18.5 Å². The van der Waals surface area contributed by atoms with Crippen LogP contribution in [0.25, 0.3) is 5.69 Å². The lowest BCUT2D eigenvalue weighted by atomic mass is 9.85. The summed E-state index contributed by atoms with van der Waals surface area (Å²) in [7, 11) is 1.62. The molecule has 1 aromatic heterocycles. The quantitative estimate of drug-likeness (QED) is 0.370. The van der Waals surface area contributed by atoms with Crippen LogP contribution < -0.4 is 15.5 Å². The number of nitrogens with one attached hydrogen (secondary N) is 2. The first-order valence-corrected chi connectivity index (χ1v) is 13.1. The molecule has 9 heteroatoms. The smallest absolute Gasteiger partial charge is 0.263 e. The third-order valence-electron chi connectivity index (χ3n) is 6.94. The molecular formula is C28H36N6O3. The lowest BCUT2D eigenvalue weighted by Crippen LogP contribution is -2.50. The van der Waals surface area contributed by atoms with Gasteiger partial charge in [0, 0.05) is 12.1 Å². The van der Waals surface area contributed by atoms with Crippen LogP contribution in [0.2, 0.25) is 0 Å². The highest BCUT2D eigenvalue weighted by Gasteiger charge is 2.27. The molecule has 0 saturated heterocycles. The van der Waals surface area contributed by atoms with E-state index in [9.17, 15) is 9.59 Å². The Hall–Kier alpha value is -3.88. The summed E-state index contributed by atoms with van der Waals surface area (Å²) in [6.45, 7) is 2.37. The van der Waals surface area contributed by atoms with Crippen LogP contribution in [-0.2, 0) is 4.79 Å². The number of hydrogen-bond donors (Lipinski definition) is 2. The molecule has 2 aromatic carbocycles. The SMILES string of the molecule is CCN(Nc1ccc(OC)cc1)C(=O)C(CCC1CCCCC1)NC(=O)c1ccc(-n2cncn2)cc1. The zero-order chi connectivity index (χ0) is 26.0. The first-order valence-electron chi connectivity index (χ1n) is 13.1. The van der Waals surface area contributed by atoms with Crippen molar-refractivity contribution in [3.63, 3.8) is 0 Å². The van der Waals surface area contributed by atoms with Gasteiger partial charge in [-0.15, -0.1) is 0 Å². The Balaban J connectivity index is 1.46. The predicted octanol–water partition coefficient (Wildman–Crippen LogP) is 4.61. The van der Waals surface area contributed by atoms with E-state index in [-0.39, 0.29) is 11.8 Å². The highest BCUT2D eigenvalue weighted by molar-refractivity contribution is 5.97. The van der Waals surface area contributed by atoms with E-state index in [1.54, 1.807) is 35.3 Å². The minimum Gasteiger partial charge on any atom is -0.497 e. The molecule has 0 spiro atoms. The van der Waals surface area contributed by atoms with E-state index in [1.165, 1.54) is 38.4 Å². The number of amides is 2. The van der Waals surface area contributed by atoms with Gasteiger partial charge < -0.3 is 10.1 Å². The summed E-state index contributed by atoms with van der Waals surface area (Å²) >= 11 is 0. The van der Waals surface area contributed by atoms with Gasteiger partial charge in [-0.25, -0.2) is 9.67 Å². The second-order valence-corrected chi connectivity index (χ2v) is 9.42. The zero-order valence-electron chi connectivity index (χ0n) is 21.6. The topological polar surface area (TPSA) is 101 Å². The van der Waals surface area contributed by atoms with Crippen LogP contribution in [0.1, 0.15) is 62.2 Å². The second kappa shape index (κ2) is 12.9. The second-order valence-electron chi connectivity index (χ2n) is 9.42. The van der Waals surface area contributed by atoms with E-state index in [2.05, 4.69) is 20.8 Å². The Morgan fingerprint density at radius 1 is 1.08 bits per heavy atom. The molecule has 2 N–H and O–H groups in total. The number of anilines is 1. The molecular weight excluding hydrogens is 468 g/mol. The van der Waals surface area contributed by atoms with Crippen molar-refractivity contribution < 1.29 is 14.3 Å². The van der Waals surface area contributed by atoms with E-state index in [1.807, 2.05) is 43.3 Å². The maximum absolute atomic E-state index is 13.7. The molecule has 1 saturated carbocycles. The van der Waals surface area contributed by atoms with Gasteiger partial charge in [-0.2, -0.15) is 5.10 Å². The number of aromatic nitrogens is 3. The summed E-state index contributed by atoms with van der Waals surface area (Å²) in [5, 5.41) is 8.71. The Labute approximate surface area is 218 Å². The molecule has 1 fully saturated rings. The van der Waals surface area contributed by atoms with E-state index >= 15 is 0 Å². The van der Waals surface area contributed by atoms with Crippen molar-refractivity contribution in [2.45, 2.75) is 57.9 Å². The van der Waals surface area contributed by atoms with Crippen LogP contribution in [0.3, 0.4) is 0 Å². The molecule has 3 aromatic rings. The monoisotopic (exact) mass is 504 g/mol. The summed E-state index contributed by atoms with van der Waals surface area (Å²) in [6, 6.07) is 13.9. The molecule has 1 heterocycles. The summed E-state index contributed by atoms with van der Waals surface area (Å²) in [6.07, 6.45) is 10.7. The van der Waals surface area contributed by atoms with Gasteiger partial charge in [0.25, 0.3) is 11.8 Å². The van der Waals surface area contributed by atoms with E-state index < -0.39 is 6.04 Å². The van der Waals surface area contributed by atoms with Gasteiger partial charge in [-0.05, 0) is 74.2 Å². The normalized spacial score (nSPS) is 14.5. The van der Waals surface area contributed by atoms with Gasteiger partial charge >= 0.3 is 0 Å². The Morgan fingerprint density at radius 3 is 2.43 bits per heavy atom. The summed E-state index contributed by atoms with van der Waals surface area (Å²) in [5.74, 6) is 0.925. The van der Waals surface area contributed by atoms with Gasteiger partial charge in [0.1, 0.15) is 24.4 Å². The number of methoxy groups -OCH3 is 1. The maximum Gasteiger partial charge on any atom is 0.263 e. The number of hydrazine groups is 1. The molecule has 1 unspecified atom stereocenters. The molecule has 1 aliphatic rings. The fraction of sp³-hybridized carbons (Fsp3) is 0.429. The number of nitrogens with zero attached hydrogens (tertiary/aromatic N) is 4. The molecule has 0 radical (unpaired) electrons. The summed E-state index contributed by atoms with van der Waals surface area (Å²) in [5.41, 5.74) is 5.27. The van der Waals surface area contributed by atoms with Crippen molar-refractivity contribution in [3.8, 4) is 11.4 Å². The molecule has 0 aliphatic heterocycles. The molecule has 1 atom stereocenters. The van der Waals surface area contributed by atoms with Crippen molar-refractivity contribution in [1.82, 2.24) is 25.1 Å². The fourth-order valence-corrected chi connectivity index (χ4v) is 4.78. The van der Waals surface area contributed by atoms with Crippen molar-refractivity contribution in [2.75, 3.05) is 19.1 Å². The first-order chi connectivity index (χ1) is 18.1. The number of carbonyl (C=O) groups is 2. The minimum atomic E-state index is -0.630. The molecule has 2 amide bonds. The van der Waals surface area contributed by atoms with Crippen LogP contribution in [0, 0.1) is 5.92 Å². The van der Waals surface area contributed by atoms with Crippen LogP contribution in [-0.4, -0.2) is 51.3 Å². The lowest BCUT2D eigenvalue weighted by molar-refractivity contribution is -0.132. The minimum absolute atomic E-state index is 0.151. The number of likely N-dealkylation sites (N-methyl/N-ethyl adjacent to an activating group) is 1. The fourth-order valence-electron chi connectivity index (χ4n) is 4.78. The van der Waals surface area contributed by atoms with Gasteiger partial charge in [-0.3, -0.25) is 20.0 Å². The van der Waals surface area contributed by atoms with Gasteiger partial charge in [0.2, 0.25) is 0 Å². The largest absolute Gasteiger partial charge is 0.497 e. The molecule has 4 rings (SSSR count). The Kier molecular flexibility index (Phi) is 9.13. The van der Waals surface area contributed by atoms with E-state index in [0.29, 0.717) is 24.4 Å².